The number of sulfonamides is 1. The molecule has 0 amide bonds. The second-order valence-electron chi connectivity index (χ2n) is 5.11. The van der Waals surface area contributed by atoms with Crippen molar-refractivity contribution in [3.8, 4) is 0 Å². The fourth-order valence-corrected chi connectivity index (χ4v) is 3.74. The van der Waals surface area contributed by atoms with E-state index in [1.165, 1.54) is 23.0 Å². The number of esters is 1. The highest BCUT2D eigenvalue weighted by Crippen LogP contribution is 2.23. The van der Waals surface area contributed by atoms with Crippen LogP contribution in [0.3, 0.4) is 0 Å². The Bertz CT molecular complexity index is 986. The van der Waals surface area contributed by atoms with Crippen molar-refractivity contribution in [2.45, 2.75) is 11.8 Å². The van der Waals surface area contributed by atoms with Crippen LogP contribution in [0.1, 0.15) is 6.92 Å². The van der Waals surface area contributed by atoms with E-state index in [9.17, 15) is 13.2 Å². The molecule has 0 fully saturated rings. The lowest BCUT2D eigenvalue weighted by molar-refractivity contribution is -0.141. The number of nitrogens with zero attached hydrogens (tertiary/aromatic N) is 4. The Hall–Kier alpha value is -2.94. The second-order valence-corrected chi connectivity index (χ2v) is 6.98. The molecule has 2 heterocycles. The largest absolute Gasteiger partial charge is 0.465 e. The lowest BCUT2D eigenvalue weighted by Gasteiger charge is -2.23. The van der Waals surface area contributed by atoms with Gasteiger partial charge in [0.2, 0.25) is 0 Å². The number of para-hydroxylation sites is 1. The van der Waals surface area contributed by atoms with E-state index in [1.807, 2.05) is 0 Å². The van der Waals surface area contributed by atoms with Gasteiger partial charge >= 0.3 is 5.97 Å². The van der Waals surface area contributed by atoms with E-state index in [4.69, 9.17) is 4.74 Å². The van der Waals surface area contributed by atoms with Crippen LogP contribution in [0.5, 0.6) is 0 Å². The number of anilines is 1. The van der Waals surface area contributed by atoms with Crippen molar-refractivity contribution >= 4 is 27.3 Å². The third-order valence-electron chi connectivity index (χ3n) is 3.47. The van der Waals surface area contributed by atoms with E-state index in [2.05, 4.69) is 10.2 Å². The third kappa shape index (κ3) is 3.45. The summed E-state index contributed by atoms with van der Waals surface area (Å²) >= 11 is 0. The fraction of sp³-hybridized carbons (Fsp3) is 0.188. The predicted octanol–water partition coefficient (Wildman–Crippen LogP) is 1.49. The Labute approximate surface area is 144 Å². The van der Waals surface area contributed by atoms with Gasteiger partial charge in [0, 0.05) is 6.20 Å². The van der Waals surface area contributed by atoms with Crippen LogP contribution in [-0.4, -0.2) is 42.1 Å². The van der Waals surface area contributed by atoms with Crippen LogP contribution < -0.4 is 4.31 Å². The molecule has 0 unspecified atom stereocenters. The topological polar surface area (TPSA) is 93.9 Å². The van der Waals surface area contributed by atoms with Crippen LogP contribution in [0, 0.1) is 0 Å². The highest BCUT2D eigenvalue weighted by Gasteiger charge is 2.28. The molecule has 0 atom stereocenters. The van der Waals surface area contributed by atoms with Crippen molar-refractivity contribution < 1.29 is 17.9 Å². The first-order valence-electron chi connectivity index (χ1n) is 7.55. The molecule has 8 nitrogen and oxygen atoms in total. The van der Waals surface area contributed by atoms with Gasteiger partial charge in [-0.1, -0.05) is 18.2 Å². The highest BCUT2D eigenvalue weighted by atomic mass is 32.2. The van der Waals surface area contributed by atoms with Gasteiger partial charge in [0.1, 0.15) is 17.8 Å². The first kappa shape index (κ1) is 16.9. The first-order valence-corrected chi connectivity index (χ1v) is 8.99. The molecule has 0 saturated heterocycles. The van der Waals surface area contributed by atoms with Crippen molar-refractivity contribution in [2.75, 3.05) is 17.5 Å². The van der Waals surface area contributed by atoms with Crippen LogP contribution in [0.25, 0.3) is 5.65 Å². The smallest absolute Gasteiger partial charge is 0.326 e. The van der Waals surface area contributed by atoms with Gasteiger partial charge in [-0.15, -0.1) is 10.2 Å². The maximum Gasteiger partial charge on any atom is 0.326 e. The van der Waals surface area contributed by atoms with Crippen LogP contribution in [0.2, 0.25) is 0 Å². The summed E-state index contributed by atoms with van der Waals surface area (Å²) < 4.78 is 33.6. The monoisotopic (exact) mass is 360 g/mol. The minimum atomic E-state index is -3.98. The molecule has 0 N–H and O–H groups in total. The highest BCUT2D eigenvalue weighted by molar-refractivity contribution is 7.92. The third-order valence-corrected chi connectivity index (χ3v) is 5.23. The molecule has 0 bridgehead atoms. The zero-order chi connectivity index (χ0) is 17.9. The predicted molar refractivity (Wildman–Crippen MR) is 90.6 cm³/mol. The van der Waals surface area contributed by atoms with E-state index in [0.29, 0.717) is 11.3 Å². The summed E-state index contributed by atoms with van der Waals surface area (Å²) in [6.45, 7) is 1.42. The number of benzene rings is 1. The number of hydrogen-bond donors (Lipinski definition) is 0. The SMILES string of the molecule is CCOC(=O)CN(c1ccccc1)S(=O)(=O)c1ccc2nncn2c1. The van der Waals surface area contributed by atoms with Gasteiger partial charge in [0.15, 0.2) is 5.65 Å². The fourth-order valence-electron chi connectivity index (χ4n) is 2.32. The van der Waals surface area contributed by atoms with E-state index in [0.717, 1.165) is 4.31 Å². The Morgan fingerprint density at radius 2 is 1.96 bits per heavy atom. The van der Waals surface area contributed by atoms with Gasteiger partial charge in [-0.25, -0.2) is 8.42 Å². The van der Waals surface area contributed by atoms with Gasteiger partial charge in [-0.2, -0.15) is 0 Å². The van der Waals surface area contributed by atoms with Crippen LogP contribution in [0.15, 0.2) is 59.9 Å². The summed E-state index contributed by atoms with van der Waals surface area (Å²) in [5.41, 5.74) is 0.898. The average Bonchev–Trinajstić information content (AvgIpc) is 3.08. The Balaban J connectivity index is 2.04. The summed E-state index contributed by atoms with van der Waals surface area (Å²) in [6.07, 6.45) is 2.82. The summed E-state index contributed by atoms with van der Waals surface area (Å²) in [5.74, 6) is -0.625. The van der Waals surface area contributed by atoms with Crippen molar-refractivity contribution in [3.05, 3.63) is 55.0 Å². The second kappa shape index (κ2) is 6.89. The van der Waals surface area contributed by atoms with E-state index in [-0.39, 0.29) is 11.5 Å². The van der Waals surface area contributed by atoms with Crippen LogP contribution in [0.4, 0.5) is 5.69 Å². The molecule has 0 aliphatic rings. The van der Waals surface area contributed by atoms with Crippen molar-refractivity contribution in [1.29, 1.82) is 0 Å². The lowest BCUT2D eigenvalue weighted by Crippen LogP contribution is -2.36. The number of rotatable bonds is 6. The zero-order valence-corrected chi connectivity index (χ0v) is 14.3. The molecule has 130 valence electrons. The van der Waals surface area contributed by atoms with E-state index < -0.39 is 22.5 Å². The molecule has 0 spiro atoms. The maximum atomic E-state index is 13.1. The summed E-state index contributed by atoms with van der Waals surface area (Å²) in [5, 5.41) is 7.58. The van der Waals surface area contributed by atoms with Gasteiger partial charge in [-0.05, 0) is 31.2 Å². The Morgan fingerprint density at radius 3 is 2.68 bits per heavy atom. The van der Waals surface area contributed by atoms with Crippen molar-refractivity contribution in [1.82, 2.24) is 14.6 Å². The number of pyridine rings is 1. The number of hydrogen-bond acceptors (Lipinski definition) is 6. The average molecular weight is 360 g/mol. The molecule has 0 radical (unpaired) electrons. The summed E-state index contributed by atoms with van der Waals surface area (Å²) in [6, 6.07) is 11.4. The summed E-state index contributed by atoms with van der Waals surface area (Å²) in [4.78, 5) is 11.9. The van der Waals surface area contributed by atoms with Gasteiger partial charge in [-0.3, -0.25) is 13.5 Å². The Morgan fingerprint density at radius 1 is 1.20 bits per heavy atom. The molecule has 9 heteroatoms. The maximum absolute atomic E-state index is 13.1. The summed E-state index contributed by atoms with van der Waals surface area (Å²) in [7, 11) is -3.98. The minimum Gasteiger partial charge on any atom is -0.465 e. The molecule has 0 aliphatic heterocycles. The number of carbonyl (C=O) groups is 1. The van der Waals surface area contributed by atoms with Gasteiger partial charge < -0.3 is 4.74 Å². The molecule has 2 aromatic heterocycles. The number of aromatic nitrogens is 3. The molecule has 1 aromatic carbocycles. The Kier molecular flexibility index (Phi) is 4.66. The molecule has 3 aromatic rings. The van der Waals surface area contributed by atoms with Crippen LogP contribution >= 0.6 is 0 Å². The molecular formula is C16H16N4O4S. The number of ether oxygens (including phenoxy) is 1. The van der Waals surface area contributed by atoms with E-state index >= 15 is 0 Å². The van der Waals surface area contributed by atoms with Gasteiger partial charge in [0.25, 0.3) is 10.0 Å². The standard InChI is InChI=1S/C16H16N4O4S/c1-2-24-16(21)11-20(13-6-4-3-5-7-13)25(22,23)14-8-9-15-18-17-12-19(15)10-14/h3-10,12H,2,11H2,1H3. The van der Waals surface area contributed by atoms with Crippen molar-refractivity contribution in [2.24, 2.45) is 0 Å². The minimum absolute atomic E-state index is 0.0213. The zero-order valence-electron chi connectivity index (χ0n) is 13.4. The molecule has 25 heavy (non-hydrogen) atoms. The van der Waals surface area contributed by atoms with Crippen LogP contribution in [-0.2, 0) is 19.6 Å². The lowest BCUT2D eigenvalue weighted by atomic mass is 10.3. The van der Waals surface area contributed by atoms with E-state index in [1.54, 1.807) is 43.3 Å². The quantitative estimate of drug-likeness (QED) is 0.618. The number of carbonyl (C=O) groups excluding carboxylic acids is 1. The molecular weight excluding hydrogens is 344 g/mol. The first-order chi connectivity index (χ1) is 12.0. The van der Waals surface area contributed by atoms with Crippen molar-refractivity contribution in [3.63, 3.8) is 0 Å². The molecule has 0 saturated carbocycles. The molecule has 3 rings (SSSR count). The molecule has 0 aliphatic carbocycles. The normalized spacial score (nSPS) is 11.4. The van der Waals surface area contributed by atoms with Gasteiger partial charge in [0.05, 0.1) is 12.3 Å². The number of fused-ring (bicyclic) bond motifs is 1.